The normalized spacial score (nSPS) is 15.9. The van der Waals surface area contributed by atoms with E-state index in [2.05, 4.69) is 44.8 Å². The monoisotopic (exact) mass is 527 g/mol. The highest BCUT2D eigenvalue weighted by atomic mass is 127. The lowest BCUT2D eigenvalue weighted by Crippen LogP contribution is -2.42. The van der Waals surface area contributed by atoms with Crippen LogP contribution in [0.3, 0.4) is 0 Å². The van der Waals surface area contributed by atoms with Gasteiger partial charge < -0.3 is 10.6 Å². The molecule has 0 saturated carbocycles. The van der Waals surface area contributed by atoms with E-state index in [9.17, 15) is 13.2 Å². The average molecular weight is 527 g/mol. The topological polar surface area (TPSA) is 42.9 Å². The largest absolute Gasteiger partial charge is 0.401 e. The number of nitrogens with zero attached hydrogens (tertiary/aromatic N) is 3. The van der Waals surface area contributed by atoms with Gasteiger partial charge >= 0.3 is 6.18 Å². The summed E-state index contributed by atoms with van der Waals surface area (Å²) < 4.78 is 37.0. The molecule has 1 aliphatic rings. The van der Waals surface area contributed by atoms with Crippen LogP contribution in [0.15, 0.2) is 29.3 Å². The molecule has 166 valence electrons. The summed E-state index contributed by atoms with van der Waals surface area (Å²) in [7, 11) is 3.10. The minimum absolute atomic E-state index is 0. The number of halogens is 4. The summed E-state index contributed by atoms with van der Waals surface area (Å²) in [6.45, 7) is 3.74. The maximum absolute atomic E-state index is 12.3. The van der Waals surface area contributed by atoms with Crippen molar-refractivity contribution < 1.29 is 13.2 Å². The van der Waals surface area contributed by atoms with Gasteiger partial charge in [-0.25, -0.2) is 0 Å². The van der Waals surface area contributed by atoms with Gasteiger partial charge in [0.15, 0.2) is 5.96 Å². The van der Waals surface area contributed by atoms with Crippen molar-refractivity contribution in [2.75, 3.05) is 46.8 Å². The fourth-order valence-corrected chi connectivity index (χ4v) is 3.29. The van der Waals surface area contributed by atoms with E-state index in [1.54, 1.807) is 7.05 Å². The van der Waals surface area contributed by atoms with Gasteiger partial charge in [-0.05, 0) is 44.1 Å². The van der Waals surface area contributed by atoms with Gasteiger partial charge in [-0.15, -0.1) is 24.0 Å². The highest BCUT2D eigenvalue weighted by molar-refractivity contribution is 14.0. The first-order chi connectivity index (χ1) is 13.4. The molecule has 1 heterocycles. The van der Waals surface area contributed by atoms with Crippen LogP contribution in [0.4, 0.5) is 13.2 Å². The second-order valence-electron chi connectivity index (χ2n) is 7.36. The molecule has 1 saturated heterocycles. The molecule has 29 heavy (non-hydrogen) atoms. The van der Waals surface area contributed by atoms with Crippen molar-refractivity contribution in [1.29, 1.82) is 0 Å². The molecule has 0 spiro atoms. The van der Waals surface area contributed by atoms with E-state index in [1.165, 1.54) is 49.9 Å². The molecule has 2 N–H and O–H groups in total. The van der Waals surface area contributed by atoms with E-state index in [0.29, 0.717) is 19.0 Å². The zero-order valence-electron chi connectivity index (χ0n) is 17.3. The molecule has 0 aromatic heterocycles. The Bertz CT molecular complexity index is 601. The van der Waals surface area contributed by atoms with Crippen LogP contribution >= 0.6 is 24.0 Å². The van der Waals surface area contributed by atoms with Crippen molar-refractivity contribution in [3.63, 3.8) is 0 Å². The van der Waals surface area contributed by atoms with E-state index < -0.39 is 12.7 Å². The molecule has 0 radical (unpaired) electrons. The Hall–Kier alpha value is -1.07. The number of rotatable bonds is 8. The van der Waals surface area contributed by atoms with Gasteiger partial charge in [0.1, 0.15) is 0 Å². The van der Waals surface area contributed by atoms with E-state index in [-0.39, 0.29) is 30.5 Å². The van der Waals surface area contributed by atoms with Crippen molar-refractivity contribution in [3.8, 4) is 0 Å². The molecule has 2 rings (SSSR count). The minimum atomic E-state index is -4.17. The highest BCUT2D eigenvalue weighted by Crippen LogP contribution is 2.15. The fourth-order valence-electron chi connectivity index (χ4n) is 3.29. The van der Waals surface area contributed by atoms with Gasteiger partial charge in [0.05, 0.1) is 6.54 Å². The standard InChI is InChI=1S/C20H32F3N5.HI/c1-24-19(25-10-13-27(2)16-20(21,22)23)26-14-17-6-8-18(9-7-17)15-28-11-4-3-5-12-28;/h6-9H,3-5,10-16H2,1-2H3,(H2,24,25,26);1H. The van der Waals surface area contributed by atoms with Crippen LogP contribution in [-0.2, 0) is 13.1 Å². The number of hydrogen-bond acceptors (Lipinski definition) is 3. The predicted molar refractivity (Wildman–Crippen MR) is 123 cm³/mol. The van der Waals surface area contributed by atoms with Crippen LogP contribution in [0.2, 0.25) is 0 Å². The maximum atomic E-state index is 12.3. The first-order valence-corrected chi connectivity index (χ1v) is 9.86. The molecule has 0 aliphatic carbocycles. The summed E-state index contributed by atoms with van der Waals surface area (Å²) in [5, 5.41) is 6.24. The van der Waals surface area contributed by atoms with E-state index in [0.717, 1.165) is 12.1 Å². The van der Waals surface area contributed by atoms with Crippen molar-refractivity contribution in [3.05, 3.63) is 35.4 Å². The van der Waals surface area contributed by atoms with Gasteiger partial charge in [0.25, 0.3) is 0 Å². The Balaban J connectivity index is 0.00000420. The Labute approximate surface area is 189 Å². The van der Waals surface area contributed by atoms with Crippen molar-refractivity contribution >= 4 is 29.9 Å². The van der Waals surface area contributed by atoms with E-state index >= 15 is 0 Å². The lowest BCUT2D eigenvalue weighted by atomic mass is 10.1. The molecule has 0 unspecified atom stereocenters. The predicted octanol–water partition coefficient (Wildman–Crippen LogP) is 3.45. The third kappa shape index (κ3) is 11.0. The van der Waals surface area contributed by atoms with Crippen LogP contribution in [0.25, 0.3) is 0 Å². The van der Waals surface area contributed by atoms with Crippen molar-refractivity contribution in [2.45, 2.75) is 38.5 Å². The van der Waals surface area contributed by atoms with Gasteiger partial charge in [0, 0.05) is 33.2 Å². The Kier molecular flexibility index (Phi) is 11.9. The van der Waals surface area contributed by atoms with E-state index in [4.69, 9.17) is 0 Å². The van der Waals surface area contributed by atoms with Gasteiger partial charge in [0.2, 0.25) is 0 Å². The number of likely N-dealkylation sites (N-methyl/N-ethyl adjacent to an activating group) is 1. The number of piperidine rings is 1. The molecule has 1 fully saturated rings. The molecule has 1 aliphatic heterocycles. The molecule has 0 amide bonds. The summed E-state index contributed by atoms with van der Waals surface area (Å²) in [5.41, 5.74) is 2.46. The summed E-state index contributed by atoms with van der Waals surface area (Å²) in [6, 6.07) is 8.54. The number of benzene rings is 1. The van der Waals surface area contributed by atoms with E-state index in [1.807, 2.05) is 0 Å². The molecule has 1 aromatic rings. The highest BCUT2D eigenvalue weighted by Gasteiger charge is 2.28. The Morgan fingerprint density at radius 2 is 1.69 bits per heavy atom. The first kappa shape index (κ1) is 26.0. The SMILES string of the molecule is CN=C(NCCN(C)CC(F)(F)F)NCc1ccc(CN2CCCCC2)cc1.I. The zero-order valence-corrected chi connectivity index (χ0v) is 19.6. The summed E-state index contributed by atoms with van der Waals surface area (Å²) in [5.74, 6) is 0.581. The van der Waals surface area contributed by atoms with Gasteiger partial charge in [-0.2, -0.15) is 13.2 Å². The lowest BCUT2D eigenvalue weighted by molar-refractivity contribution is -0.142. The lowest BCUT2D eigenvalue weighted by Gasteiger charge is -2.26. The summed E-state index contributed by atoms with van der Waals surface area (Å²) in [6.07, 6.45) is -0.246. The average Bonchev–Trinajstić information content (AvgIpc) is 2.65. The van der Waals surface area contributed by atoms with Crippen LogP contribution in [0.5, 0.6) is 0 Å². The molecule has 1 aromatic carbocycles. The van der Waals surface area contributed by atoms with Gasteiger partial charge in [-0.1, -0.05) is 30.7 Å². The number of aliphatic imine (C=N–C) groups is 1. The Morgan fingerprint density at radius 3 is 2.28 bits per heavy atom. The molecule has 9 heteroatoms. The van der Waals surface area contributed by atoms with Crippen LogP contribution in [-0.4, -0.2) is 68.8 Å². The zero-order chi connectivity index (χ0) is 20.4. The van der Waals surface area contributed by atoms with Crippen LogP contribution in [0, 0.1) is 0 Å². The van der Waals surface area contributed by atoms with Crippen LogP contribution < -0.4 is 10.6 Å². The van der Waals surface area contributed by atoms with Crippen molar-refractivity contribution in [1.82, 2.24) is 20.4 Å². The molecular formula is C20H33F3IN5. The van der Waals surface area contributed by atoms with Crippen LogP contribution in [0.1, 0.15) is 30.4 Å². The van der Waals surface area contributed by atoms with Crippen molar-refractivity contribution in [2.24, 2.45) is 4.99 Å². The first-order valence-electron chi connectivity index (χ1n) is 9.86. The number of alkyl halides is 3. The molecule has 0 bridgehead atoms. The third-order valence-corrected chi connectivity index (χ3v) is 4.80. The molecule has 5 nitrogen and oxygen atoms in total. The maximum Gasteiger partial charge on any atom is 0.401 e. The molecule has 0 atom stereocenters. The second kappa shape index (κ2) is 13.3. The summed E-state index contributed by atoms with van der Waals surface area (Å²) >= 11 is 0. The summed E-state index contributed by atoms with van der Waals surface area (Å²) in [4.78, 5) is 7.85. The number of likely N-dealkylation sites (tertiary alicyclic amines) is 1. The second-order valence-corrected chi connectivity index (χ2v) is 7.36. The smallest absolute Gasteiger partial charge is 0.355 e. The van der Waals surface area contributed by atoms with Gasteiger partial charge in [-0.3, -0.25) is 14.8 Å². The minimum Gasteiger partial charge on any atom is -0.355 e. The quantitative estimate of drug-likeness (QED) is 0.309. The molecular weight excluding hydrogens is 494 g/mol. The fraction of sp³-hybridized carbons (Fsp3) is 0.650. The number of hydrogen-bond donors (Lipinski definition) is 2. The Morgan fingerprint density at radius 1 is 1.07 bits per heavy atom. The number of nitrogens with one attached hydrogen (secondary N) is 2. The third-order valence-electron chi connectivity index (χ3n) is 4.80. The number of guanidine groups is 1.